The van der Waals surface area contributed by atoms with Gasteiger partial charge in [-0.15, -0.1) is 12.4 Å². The number of hydrogen-bond donors (Lipinski definition) is 1. The third-order valence-corrected chi connectivity index (χ3v) is 4.51. The fourth-order valence-electron chi connectivity index (χ4n) is 3.01. The van der Waals surface area contributed by atoms with Gasteiger partial charge in [0.2, 0.25) is 0 Å². The number of benzene rings is 2. The van der Waals surface area contributed by atoms with Crippen LogP contribution in [-0.4, -0.2) is 34.6 Å². The number of hydrogen-bond acceptors (Lipinski definition) is 4. The molecule has 2 aromatic rings. The molecule has 6 heteroatoms. The van der Waals surface area contributed by atoms with Crippen LogP contribution >= 0.6 is 12.4 Å². The number of aliphatic hydroxyl groups is 1. The quantitative estimate of drug-likeness (QED) is 0.590. The lowest BCUT2D eigenvalue weighted by Crippen LogP contribution is -2.32. The first-order chi connectivity index (χ1) is 12.6. The molecule has 1 heterocycles. The molecule has 27 heavy (non-hydrogen) atoms. The minimum atomic E-state index is -0.480. The Morgan fingerprint density at radius 3 is 2.59 bits per heavy atom. The van der Waals surface area contributed by atoms with Crippen LogP contribution in [0.25, 0.3) is 6.08 Å². The molecule has 5 nitrogen and oxygen atoms in total. The molecule has 1 atom stereocenters. The van der Waals surface area contributed by atoms with Crippen molar-refractivity contribution in [1.29, 1.82) is 0 Å². The maximum atomic E-state index is 10.8. The Morgan fingerprint density at radius 1 is 1.15 bits per heavy atom. The van der Waals surface area contributed by atoms with Crippen molar-refractivity contribution in [3.05, 3.63) is 93.6 Å². The van der Waals surface area contributed by atoms with Crippen LogP contribution in [0, 0.1) is 10.1 Å². The van der Waals surface area contributed by atoms with Gasteiger partial charge >= 0.3 is 0 Å². The minimum Gasteiger partial charge on any atom is -0.387 e. The summed E-state index contributed by atoms with van der Waals surface area (Å²) in [6.07, 6.45) is 6.49. The number of nitro benzene ring substituents is 1. The maximum absolute atomic E-state index is 10.8. The van der Waals surface area contributed by atoms with E-state index in [2.05, 4.69) is 11.0 Å². The third-order valence-electron chi connectivity index (χ3n) is 4.51. The number of nitrogens with zero attached hydrogens (tertiary/aromatic N) is 2. The molecule has 0 aromatic heterocycles. The summed E-state index contributed by atoms with van der Waals surface area (Å²) < 4.78 is 0. The van der Waals surface area contributed by atoms with Crippen molar-refractivity contribution in [2.75, 3.05) is 19.6 Å². The standard InChI is InChI=1S/C21H22N2O3.ClH/c24-21(19-6-2-1-3-7-19)16-22-13-11-17(12-14-22)9-10-18-5-4-8-20(15-18)23(25)26;/h1-11,15,21,24H,12-14,16H2;1H. The Bertz CT molecular complexity index is 821. The first-order valence-electron chi connectivity index (χ1n) is 8.69. The van der Waals surface area contributed by atoms with Crippen LogP contribution < -0.4 is 0 Å². The van der Waals surface area contributed by atoms with Crippen LogP contribution in [0.4, 0.5) is 5.69 Å². The molecule has 1 aliphatic rings. The van der Waals surface area contributed by atoms with Crippen molar-refractivity contribution in [1.82, 2.24) is 4.90 Å². The van der Waals surface area contributed by atoms with E-state index in [4.69, 9.17) is 0 Å². The maximum Gasteiger partial charge on any atom is 0.270 e. The molecule has 1 N–H and O–H groups in total. The summed E-state index contributed by atoms with van der Waals surface area (Å²) in [6, 6.07) is 16.3. The van der Waals surface area contributed by atoms with E-state index >= 15 is 0 Å². The Morgan fingerprint density at radius 2 is 1.93 bits per heavy atom. The Labute approximate surface area is 165 Å². The Hall–Kier alpha value is -2.47. The molecule has 3 rings (SSSR count). The summed E-state index contributed by atoms with van der Waals surface area (Å²) in [5.41, 5.74) is 3.07. The van der Waals surface area contributed by atoms with Gasteiger partial charge in [0.15, 0.2) is 0 Å². The Balaban J connectivity index is 0.00000261. The number of nitro groups is 1. The van der Waals surface area contributed by atoms with Crippen LogP contribution in [-0.2, 0) is 0 Å². The van der Waals surface area contributed by atoms with Gasteiger partial charge in [0.05, 0.1) is 11.0 Å². The number of halogens is 1. The third kappa shape index (κ3) is 6.03. The molecule has 1 unspecified atom stereocenters. The zero-order valence-electron chi connectivity index (χ0n) is 14.9. The molecule has 142 valence electrons. The van der Waals surface area contributed by atoms with Crippen molar-refractivity contribution in [3.8, 4) is 0 Å². The predicted molar refractivity (Wildman–Crippen MR) is 110 cm³/mol. The number of non-ortho nitro benzene ring substituents is 1. The molecular formula is C21H23ClN2O3. The zero-order valence-corrected chi connectivity index (χ0v) is 15.7. The van der Waals surface area contributed by atoms with E-state index in [9.17, 15) is 15.2 Å². The lowest BCUT2D eigenvalue weighted by Gasteiger charge is -2.27. The van der Waals surface area contributed by atoms with Crippen LogP contribution in [0.5, 0.6) is 0 Å². The molecule has 0 saturated carbocycles. The fraction of sp³-hybridized carbons (Fsp3) is 0.238. The van der Waals surface area contributed by atoms with E-state index < -0.39 is 6.10 Å². The first-order valence-corrected chi connectivity index (χ1v) is 8.69. The summed E-state index contributed by atoms with van der Waals surface area (Å²) >= 11 is 0. The van der Waals surface area contributed by atoms with Crippen LogP contribution in [0.3, 0.4) is 0 Å². The molecule has 0 radical (unpaired) electrons. The molecule has 0 spiro atoms. The van der Waals surface area contributed by atoms with Crippen LogP contribution in [0.1, 0.15) is 23.7 Å². The average Bonchev–Trinajstić information content (AvgIpc) is 2.68. The summed E-state index contributed by atoms with van der Waals surface area (Å²) in [5, 5.41) is 21.2. The zero-order chi connectivity index (χ0) is 18.4. The monoisotopic (exact) mass is 386 g/mol. The van der Waals surface area contributed by atoms with Gasteiger partial charge in [0, 0.05) is 31.8 Å². The number of allylic oxidation sites excluding steroid dienone is 1. The first kappa shape index (κ1) is 20.8. The normalized spacial score (nSPS) is 15.8. The predicted octanol–water partition coefficient (Wildman–Crippen LogP) is 4.40. The molecule has 0 fully saturated rings. The molecule has 0 saturated heterocycles. The van der Waals surface area contributed by atoms with Crippen molar-refractivity contribution >= 4 is 24.2 Å². The van der Waals surface area contributed by atoms with Gasteiger partial charge in [-0.25, -0.2) is 0 Å². The summed E-state index contributed by atoms with van der Waals surface area (Å²) in [5.74, 6) is 0. The minimum absolute atomic E-state index is 0. The van der Waals surface area contributed by atoms with E-state index in [0.29, 0.717) is 6.54 Å². The number of aliphatic hydroxyl groups excluding tert-OH is 1. The highest BCUT2D eigenvalue weighted by Gasteiger charge is 2.15. The Kier molecular flexibility index (Phi) is 7.73. The molecule has 0 bridgehead atoms. The lowest BCUT2D eigenvalue weighted by atomic mass is 10.0. The van der Waals surface area contributed by atoms with Gasteiger partial charge in [-0.2, -0.15) is 0 Å². The van der Waals surface area contributed by atoms with Crippen molar-refractivity contribution < 1.29 is 10.0 Å². The van der Waals surface area contributed by atoms with E-state index in [0.717, 1.165) is 30.6 Å². The summed E-state index contributed by atoms with van der Waals surface area (Å²) in [6.45, 7) is 2.29. The average molecular weight is 387 g/mol. The van der Waals surface area contributed by atoms with Crippen LogP contribution in [0.2, 0.25) is 0 Å². The second-order valence-electron chi connectivity index (χ2n) is 6.40. The second kappa shape index (κ2) is 10.0. The fourth-order valence-corrected chi connectivity index (χ4v) is 3.01. The van der Waals surface area contributed by atoms with Crippen LogP contribution in [0.15, 0.2) is 72.3 Å². The van der Waals surface area contributed by atoms with E-state index in [-0.39, 0.29) is 23.0 Å². The van der Waals surface area contributed by atoms with Gasteiger partial charge in [0.25, 0.3) is 5.69 Å². The number of rotatable bonds is 6. The highest BCUT2D eigenvalue weighted by atomic mass is 35.5. The largest absolute Gasteiger partial charge is 0.387 e. The van der Waals surface area contributed by atoms with Gasteiger partial charge < -0.3 is 5.11 Å². The van der Waals surface area contributed by atoms with Crippen molar-refractivity contribution in [2.45, 2.75) is 12.5 Å². The smallest absolute Gasteiger partial charge is 0.270 e. The molecular weight excluding hydrogens is 364 g/mol. The summed E-state index contributed by atoms with van der Waals surface area (Å²) in [7, 11) is 0. The van der Waals surface area contributed by atoms with Crippen molar-refractivity contribution in [2.24, 2.45) is 0 Å². The molecule has 2 aromatic carbocycles. The lowest BCUT2D eigenvalue weighted by molar-refractivity contribution is -0.384. The highest BCUT2D eigenvalue weighted by Crippen LogP contribution is 2.19. The van der Waals surface area contributed by atoms with E-state index in [1.54, 1.807) is 12.1 Å². The van der Waals surface area contributed by atoms with Gasteiger partial charge in [-0.3, -0.25) is 15.0 Å². The summed E-state index contributed by atoms with van der Waals surface area (Å²) in [4.78, 5) is 12.7. The van der Waals surface area contributed by atoms with E-state index in [1.165, 1.54) is 11.6 Å². The van der Waals surface area contributed by atoms with Gasteiger partial charge in [0.1, 0.15) is 0 Å². The second-order valence-corrected chi connectivity index (χ2v) is 6.40. The molecule has 1 aliphatic heterocycles. The molecule has 0 aliphatic carbocycles. The van der Waals surface area contributed by atoms with Gasteiger partial charge in [-0.1, -0.05) is 60.7 Å². The number of β-amino-alcohol motifs (C(OH)–C–C–N with tert-alkyl or cyclic N) is 1. The SMILES string of the molecule is Cl.O=[N+]([O-])c1cccc(C=CC2=CCN(CC(O)c3ccccc3)CC2)c1. The van der Waals surface area contributed by atoms with E-state index in [1.807, 2.05) is 48.6 Å². The van der Waals surface area contributed by atoms with Crippen molar-refractivity contribution in [3.63, 3.8) is 0 Å². The highest BCUT2D eigenvalue weighted by molar-refractivity contribution is 5.85. The topological polar surface area (TPSA) is 66.6 Å². The molecule has 0 amide bonds. The van der Waals surface area contributed by atoms with Gasteiger partial charge in [-0.05, 0) is 23.1 Å².